The van der Waals surface area contributed by atoms with Gasteiger partial charge < -0.3 is 10.1 Å². The Morgan fingerprint density at radius 2 is 2.05 bits per heavy atom. The van der Waals surface area contributed by atoms with Crippen LogP contribution in [0.2, 0.25) is 10.0 Å². The summed E-state index contributed by atoms with van der Waals surface area (Å²) in [6.07, 6.45) is 6.00. The molecular formula is C15H17Cl2N3O. The minimum absolute atomic E-state index is 0.174. The topological polar surface area (TPSA) is 47.0 Å². The smallest absolute Gasteiger partial charge is 0.137 e. The van der Waals surface area contributed by atoms with E-state index in [-0.39, 0.29) is 6.04 Å². The van der Waals surface area contributed by atoms with Gasteiger partial charge in [0.25, 0.3) is 0 Å². The van der Waals surface area contributed by atoms with Crippen LogP contribution in [0.25, 0.3) is 0 Å². The van der Waals surface area contributed by atoms with Gasteiger partial charge in [0.15, 0.2) is 0 Å². The van der Waals surface area contributed by atoms with Crippen molar-refractivity contribution in [3.8, 4) is 5.75 Å². The summed E-state index contributed by atoms with van der Waals surface area (Å²) in [6, 6.07) is 3.45. The van der Waals surface area contributed by atoms with Crippen molar-refractivity contribution in [1.29, 1.82) is 0 Å². The van der Waals surface area contributed by atoms with E-state index in [1.165, 1.54) is 0 Å². The zero-order valence-electron chi connectivity index (χ0n) is 11.9. The van der Waals surface area contributed by atoms with Gasteiger partial charge in [-0.1, -0.05) is 30.1 Å². The quantitative estimate of drug-likeness (QED) is 0.875. The summed E-state index contributed by atoms with van der Waals surface area (Å²) in [5, 5.41) is 4.22. The molecule has 0 bridgehead atoms. The van der Waals surface area contributed by atoms with Crippen LogP contribution in [0.5, 0.6) is 5.75 Å². The highest BCUT2D eigenvalue weighted by Crippen LogP contribution is 2.29. The fraction of sp³-hybridized carbons (Fsp3) is 0.333. The van der Waals surface area contributed by atoms with Crippen LogP contribution in [0.4, 0.5) is 0 Å². The first-order valence-corrected chi connectivity index (χ1v) is 7.47. The molecule has 2 rings (SSSR count). The SMILES string of the molecule is CCCOc1cncc(C(NC)c2ncc(Cl)cc2Cl)c1. The molecule has 0 aromatic carbocycles. The molecule has 2 heterocycles. The lowest BCUT2D eigenvalue weighted by Gasteiger charge is -2.18. The molecular weight excluding hydrogens is 309 g/mol. The van der Waals surface area contributed by atoms with Crippen molar-refractivity contribution in [2.45, 2.75) is 19.4 Å². The molecule has 112 valence electrons. The molecule has 0 spiro atoms. The molecule has 4 nitrogen and oxygen atoms in total. The molecule has 1 N–H and O–H groups in total. The summed E-state index contributed by atoms with van der Waals surface area (Å²) in [4.78, 5) is 8.54. The molecule has 21 heavy (non-hydrogen) atoms. The number of aromatic nitrogens is 2. The van der Waals surface area contributed by atoms with Crippen LogP contribution in [0.15, 0.2) is 30.7 Å². The van der Waals surface area contributed by atoms with Gasteiger partial charge in [-0.05, 0) is 31.2 Å². The first kappa shape index (κ1) is 16.0. The third-order valence-corrected chi connectivity index (χ3v) is 3.45. The van der Waals surface area contributed by atoms with E-state index in [0.717, 1.165) is 17.7 Å². The van der Waals surface area contributed by atoms with Crippen LogP contribution in [0.3, 0.4) is 0 Å². The number of rotatable bonds is 6. The molecule has 6 heteroatoms. The summed E-state index contributed by atoms with van der Waals surface area (Å²) in [7, 11) is 1.84. The van der Waals surface area contributed by atoms with Gasteiger partial charge in [-0.15, -0.1) is 0 Å². The molecule has 0 saturated carbocycles. The highest BCUT2D eigenvalue weighted by molar-refractivity contribution is 6.34. The van der Waals surface area contributed by atoms with Gasteiger partial charge in [0, 0.05) is 12.4 Å². The summed E-state index contributed by atoms with van der Waals surface area (Å²) < 4.78 is 5.61. The van der Waals surface area contributed by atoms with Crippen molar-refractivity contribution in [3.05, 3.63) is 52.0 Å². The summed E-state index contributed by atoms with van der Waals surface area (Å²) >= 11 is 12.1. The number of ether oxygens (including phenoxy) is 1. The predicted molar refractivity (Wildman–Crippen MR) is 85.2 cm³/mol. The third kappa shape index (κ3) is 4.06. The van der Waals surface area contributed by atoms with Crippen LogP contribution < -0.4 is 10.1 Å². The molecule has 2 aromatic rings. The van der Waals surface area contributed by atoms with Crippen LogP contribution in [-0.4, -0.2) is 23.6 Å². The Bertz CT molecular complexity index is 607. The molecule has 1 unspecified atom stereocenters. The third-order valence-electron chi connectivity index (χ3n) is 2.94. The zero-order valence-corrected chi connectivity index (χ0v) is 13.4. The fourth-order valence-corrected chi connectivity index (χ4v) is 2.48. The Labute approximate surface area is 134 Å². The van der Waals surface area contributed by atoms with Crippen LogP contribution in [0, 0.1) is 0 Å². The van der Waals surface area contributed by atoms with Crippen molar-refractivity contribution < 1.29 is 4.74 Å². The summed E-state index contributed by atoms with van der Waals surface area (Å²) in [5.41, 5.74) is 1.64. The second-order valence-corrected chi connectivity index (χ2v) is 5.39. The number of halogens is 2. The Balaban J connectivity index is 2.32. The maximum Gasteiger partial charge on any atom is 0.137 e. The van der Waals surface area contributed by atoms with Crippen LogP contribution in [0.1, 0.15) is 30.6 Å². The number of nitrogens with zero attached hydrogens (tertiary/aromatic N) is 2. The van der Waals surface area contributed by atoms with E-state index in [0.29, 0.717) is 22.3 Å². The summed E-state index contributed by atoms with van der Waals surface area (Å²) in [5.74, 6) is 0.736. The molecule has 1 atom stereocenters. The van der Waals surface area contributed by atoms with Gasteiger partial charge in [0.2, 0.25) is 0 Å². The predicted octanol–water partition coefficient (Wildman–Crippen LogP) is 3.88. The second kappa shape index (κ2) is 7.59. The van der Waals surface area contributed by atoms with E-state index in [1.807, 2.05) is 13.1 Å². The number of hydrogen-bond donors (Lipinski definition) is 1. The lowest BCUT2D eigenvalue weighted by Crippen LogP contribution is -2.19. The second-order valence-electron chi connectivity index (χ2n) is 4.54. The monoisotopic (exact) mass is 325 g/mol. The lowest BCUT2D eigenvalue weighted by atomic mass is 10.1. The molecule has 0 aliphatic carbocycles. The molecule has 0 aliphatic rings. The van der Waals surface area contributed by atoms with Crippen LogP contribution in [-0.2, 0) is 0 Å². The first-order valence-electron chi connectivity index (χ1n) is 6.71. The van der Waals surface area contributed by atoms with E-state index in [2.05, 4.69) is 22.2 Å². The van der Waals surface area contributed by atoms with Crippen molar-refractivity contribution in [2.75, 3.05) is 13.7 Å². The van der Waals surface area contributed by atoms with E-state index < -0.39 is 0 Å². The Morgan fingerprint density at radius 3 is 2.71 bits per heavy atom. The maximum absolute atomic E-state index is 6.24. The Kier molecular flexibility index (Phi) is 5.79. The normalized spacial score (nSPS) is 12.2. The molecule has 0 amide bonds. The highest BCUT2D eigenvalue weighted by Gasteiger charge is 2.18. The average Bonchev–Trinajstić information content (AvgIpc) is 2.48. The number of pyridine rings is 2. The minimum Gasteiger partial charge on any atom is -0.492 e. The Hall–Kier alpha value is -1.36. The molecule has 0 saturated heterocycles. The largest absolute Gasteiger partial charge is 0.492 e. The van der Waals surface area contributed by atoms with E-state index >= 15 is 0 Å². The summed E-state index contributed by atoms with van der Waals surface area (Å²) in [6.45, 7) is 2.72. The van der Waals surface area contributed by atoms with Crippen molar-refractivity contribution in [2.24, 2.45) is 0 Å². The minimum atomic E-state index is -0.174. The standard InChI is InChI=1S/C15H17Cl2N3O/c1-3-4-21-12-5-10(7-19-9-12)14(18-2)15-13(17)6-11(16)8-20-15/h5-9,14,18H,3-4H2,1-2H3. The molecule has 0 aliphatic heterocycles. The van der Waals surface area contributed by atoms with Crippen molar-refractivity contribution >= 4 is 23.2 Å². The van der Waals surface area contributed by atoms with Gasteiger partial charge >= 0.3 is 0 Å². The van der Waals surface area contributed by atoms with Crippen molar-refractivity contribution in [1.82, 2.24) is 15.3 Å². The number of nitrogens with one attached hydrogen (secondary N) is 1. The van der Waals surface area contributed by atoms with Crippen LogP contribution >= 0.6 is 23.2 Å². The molecule has 0 radical (unpaired) electrons. The molecule has 0 fully saturated rings. The van der Waals surface area contributed by atoms with Gasteiger partial charge in [-0.2, -0.15) is 0 Å². The van der Waals surface area contributed by atoms with E-state index in [1.54, 1.807) is 24.7 Å². The van der Waals surface area contributed by atoms with Gasteiger partial charge in [-0.25, -0.2) is 0 Å². The van der Waals surface area contributed by atoms with Crippen molar-refractivity contribution in [3.63, 3.8) is 0 Å². The van der Waals surface area contributed by atoms with E-state index in [4.69, 9.17) is 27.9 Å². The molecule has 2 aromatic heterocycles. The Morgan fingerprint density at radius 1 is 1.24 bits per heavy atom. The lowest BCUT2D eigenvalue weighted by molar-refractivity contribution is 0.315. The first-order chi connectivity index (χ1) is 10.2. The maximum atomic E-state index is 6.24. The zero-order chi connectivity index (χ0) is 15.2. The highest BCUT2D eigenvalue weighted by atomic mass is 35.5. The fourth-order valence-electron chi connectivity index (χ4n) is 1.99. The van der Waals surface area contributed by atoms with Gasteiger partial charge in [0.05, 0.1) is 34.6 Å². The van der Waals surface area contributed by atoms with Gasteiger partial charge in [-0.3, -0.25) is 9.97 Å². The average molecular weight is 326 g/mol. The van der Waals surface area contributed by atoms with Gasteiger partial charge in [0.1, 0.15) is 5.75 Å². The van der Waals surface area contributed by atoms with E-state index in [9.17, 15) is 0 Å². The number of hydrogen-bond acceptors (Lipinski definition) is 4.